The number of anilines is 1. The SMILES string of the molecule is Cc1ccc(C(=O)NC2CCCC2)cc1NC1=N[C@@H]2CS(=O)(=O)C[C@@H]2S1. The number of carbonyl (C=O) groups excluding carboxylic acids is 1. The van der Waals surface area contributed by atoms with Gasteiger partial charge < -0.3 is 10.6 Å². The van der Waals surface area contributed by atoms with Crippen LogP contribution < -0.4 is 10.6 Å². The standard InChI is InChI=1S/C18H23N3O3S2/c1-11-6-7-12(17(22)19-13-4-2-3-5-13)8-14(11)20-18-21-15-9-26(23,24)10-16(15)25-18/h6-8,13,15-16H,2-5,9-10H2,1H3,(H,19,22)(H,20,21)/t15-,16+/m1/s1. The molecule has 26 heavy (non-hydrogen) atoms. The van der Waals surface area contributed by atoms with Gasteiger partial charge in [-0.1, -0.05) is 30.7 Å². The Hall–Kier alpha value is -1.54. The Morgan fingerprint density at radius 2 is 2.00 bits per heavy atom. The predicted octanol–water partition coefficient (Wildman–Crippen LogP) is 2.35. The van der Waals surface area contributed by atoms with Crippen molar-refractivity contribution in [3.05, 3.63) is 29.3 Å². The van der Waals surface area contributed by atoms with E-state index in [4.69, 9.17) is 0 Å². The molecule has 6 nitrogen and oxygen atoms in total. The van der Waals surface area contributed by atoms with Gasteiger partial charge in [0.1, 0.15) is 0 Å². The molecule has 0 spiro atoms. The third-order valence-electron chi connectivity index (χ3n) is 5.25. The van der Waals surface area contributed by atoms with E-state index in [1.807, 2.05) is 25.1 Å². The van der Waals surface area contributed by atoms with Gasteiger partial charge in [0.05, 0.1) is 17.5 Å². The molecule has 4 rings (SSSR count). The highest BCUT2D eigenvalue weighted by atomic mass is 32.2. The van der Waals surface area contributed by atoms with Crippen LogP contribution in [0.15, 0.2) is 23.2 Å². The number of rotatable bonds is 3. The Kier molecular flexibility index (Phi) is 4.73. The molecule has 2 fully saturated rings. The molecule has 2 atom stereocenters. The molecule has 2 N–H and O–H groups in total. The van der Waals surface area contributed by atoms with Crippen molar-refractivity contribution in [1.82, 2.24) is 5.32 Å². The van der Waals surface area contributed by atoms with Gasteiger partial charge in [0, 0.05) is 22.5 Å². The Morgan fingerprint density at radius 1 is 1.23 bits per heavy atom. The van der Waals surface area contributed by atoms with E-state index in [0.717, 1.165) is 29.3 Å². The summed E-state index contributed by atoms with van der Waals surface area (Å²) < 4.78 is 23.4. The van der Waals surface area contributed by atoms with Gasteiger partial charge in [-0.2, -0.15) is 0 Å². The van der Waals surface area contributed by atoms with Crippen molar-refractivity contribution in [2.45, 2.75) is 49.9 Å². The number of aryl methyl sites for hydroxylation is 1. The first kappa shape index (κ1) is 17.9. The molecule has 2 aliphatic heterocycles. The Labute approximate surface area is 158 Å². The highest BCUT2D eigenvalue weighted by Crippen LogP contribution is 2.35. The number of nitrogens with zero attached hydrogens (tertiary/aromatic N) is 1. The Balaban J connectivity index is 1.46. The van der Waals surface area contributed by atoms with Crippen LogP contribution in [0.25, 0.3) is 0 Å². The summed E-state index contributed by atoms with van der Waals surface area (Å²) in [5.74, 6) is 0.294. The lowest BCUT2D eigenvalue weighted by molar-refractivity contribution is 0.0938. The zero-order chi connectivity index (χ0) is 18.3. The summed E-state index contributed by atoms with van der Waals surface area (Å²) >= 11 is 1.49. The number of amidine groups is 1. The minimum atomic E-state index is -2.95. The highest BCUT2D eigenvalue weighted by Gasteiger charge is 2.42. The van der Waals surface area contributed by atoms with Crippen LogP contribution in [0.3, 0.4) is 0 Å². The molecule has 2 heterocycles. The summed E-state index contributed by atoms with van der Waals surface area (Å²) in [6.45, 7) is 1.98. The first-order chi connectivity index (χ1) is 12.4. The summed E-state index contributed by atoms with van der Waals surface area (Å²) in [5.41, 5.74) is 2.50. The maximum atomic E-state index is 12.5. The first-order valence-electron chi connectivity index (χ1n) is 9.03. The van der Waals surface area contributed by atoms with Crippen molar-refractivity contribution >= 4 is 38.4 Å². The summed E-state index contributed by atoms with van der Waals surface area (Å²) in [7, 11) is -2.95. The van der Waals surface area contributed by atoms with E-state index in [9.17, 15) is 13.2 Å². The average molecular weight is 394 g/mol. The number of carbonyl (C=O) groups is 1. The molecule has 0 radical (unpaired) electrons. The summed E-state index contributed by atoms with van der Waals surface area (Å²) in [6, 6.07) is 5.76. The van der Waals surface area contributed by atoms with Gasteiger partial charge in [-0.15, -0.1) is 0 Å². The Morgan fingerprint density at radius 3 is 2.73 bits per heavy atom. The fourth-order valence-electron chi connectivity index (χ4n) is 3.77. The van der Waals surface area contributed by atoms with Crippen LogP contribution in [0.5, 0.6) is 0 Å². The fraction of sp³-hybridized carbons (Fsp3) is 0.556. The van der Waals surface area contributed by atoms with Gasteiger partial charge in [0.25, 0.3) is 5.91 Å². The molecule has 1 saturated heterocycles. The molecule has 3 aliphatic rings. The zero-order valence-corrected chi connectivity index (χ0v) is 16.3. The second-order valence-electron chi connectivity index (χ2n) is 7.34. The second-order valence-corrected chi connectivity index (χ2v) is 10.7. The van der Waals surface area contributed by atoms with E-state index in [0.29, 0.717) is 5.56 Å². The maximum absolute atomic E-state index is 12.5. The lowest BCUT2D eigenvalue weighted by Gasteiger charge is -2.14. The lowest BCUT2D eigenvalue weighted by Crippen LogP contribution is -2.32. The highest BCUT2D eigenvalue weighted by molar-refractivity contribution is 8.15. The number of benzene rings is 1. The van der Waals surface area contributed by atoms with Crippen LogP contribution in [0.1, 0.15) is 41.6 Å². The third kappa shape index (κ3) is 3.76. The van der Waals surface area contributed by atoms with Crippen molar-refractivity contribution in [3.63, 3.8) is 0 Å². The van der Waals surface area contributed by atoms with Gasteiger partial charge in [0.15, 0.2) is 15.0 Å². The number of fused-ring (bicyclic) bond motifs is 1. The molecule has 0 aromatic heterocycles. The van der Waals surface area contributed by atoms with Crippen LogP contribution in [0.2, 0.25) is 0 Å². The van der Waals surface area contributed by atoms with Crippen LogP contribution in [0, 0.1) is 6.92 Å². The minimum absolute atomic E-state index is 0.0108. The third-order valence-corrected chi connectivity index (χ3v) is 8.39. The quantitative estimate of drug-likeness (QED) is 0.823. The minimum Gasteiger partial charge on any atom is -0.349 e. The lowest BCUT2D eigenvalue weighted by atomic mass is 10.1. The number of aliphatic imine (C=N–C) groups is 1. The summed E-state index contributed by atoms with van der Waals surface area (Å²) in [5, 5.41) is 7.15. The summed E-state index contributed by atoms with van der Waals surface area (Å²) in [6.07, 6.45) is 4.48. The molecule has 1 amide bonds. The van der Waals surface area contributed by atoms with Crippen LogP contribution in [-0.4, -0.2) is 48.3 Å². The molecule has 1 saturated carbocycles. The van der Waals surface area contributed by atoms with Gasteiger partial charge in [-0.3, -0.25) is 9.79 Å². The van der Waals surface area contributed by atoms with E-state index in [-0.39, 0.29) is 34.7 Å². The van der Waals surface area contributed by atoms with Gasteiger partial charge in [0.2, 0.25) is 0 Å². The van der Waals surface area contributed by atoms with Gasteiger partial charge in [-0.05, 0) is 37.5 Å². The van der Waals surface area contributed by atoms with Crippen molar-refractivity contribution in [2.75, 3.05) is 16.8 Å². The average Bonchev–Trinajstić information content (AvgIpc) is 3.24. The van der Waals surface area contributed by atoms with E-state index in [1.165, 1.54) is 24.6 Å². The maximum Gasteiger partial charge on any atom is 0.251 e. The van der Waals surface area contributed by atoms with Crippen molar-refractivity contribution in [1.29, 1.82) is 0 Å². The zero-order valence-electron chi connectivity index (χ0n) is 14.7. The number of hydrogen-bond donors (Lipinski definition) is 2. The molecule has 140 valence electrons. The van der Waals surface area contributed by atoms with E-state index < -0.39 is 9.84 Å². The smallest absolute Gasteiger partial charge is 0.251 e. The molecular weight excluding hydrogens is 370 g/mol. The van der Waals surface area contributed by atoms with Crippen LogP contribution in [-0.2, 0) is 9.84 Å². The normalized spacial score (nSPS) is 27.2. The fourth-order valence-corrected chi connectivity index (χ4v) is 7.44. The molecule has 0 bridgehead atoms. The molecule has 8 heteroatoms. The number of nitrogens with one attached hydrogen (secondary N) is 2. The van der Waals surface area contributed by atoms with E-state index in [2.05, 4.69) is 15.6 Å². The second kappa shape index (κ2) is 6.88. The topological polar surface area (TPSA) is 87.6 Å². The Bertz CT molecular complexity index is 860. The number of thioether (sulfide) groups is 1. The van der Waals surface area contributed by atoms with Crippen LogP contribution in [0.4, 0.5) is 5.69 Å². The largest absolute Gasteiger partial charge is 0.349 e. The number of amides is 1. The summed E-state index contributed by atoms with van der Waals surface area (Å²) in [4.78, 5) is 17.0. The first-order valence-corrected chi connectivity index (χ1v) is 11.7. The molecule has 1 aliphatic carbocycles. The van der Waals surface area contributed by atoms with Crippen molar-refractivity contribution < 1.29 is 13.2 Å². The van der Waals surface area contributed by atoms with Crippen molar-refractivity contribution in [3.8, 4) is 0 Å². The van der Waals surface area contributed by atoms with E-state index in [1.54, 1.807) is 0 Å². The van der Waals surface area contributed by atoms with Crippen molar-refractivity contribution in [2.24, 2.45) is 4.99 Å². The number of sulfone groups is 1. The van der Waals surface area contributed by atoms with Gasteiger partial charge in [-0.25, -0.2) is 8.42 Å². The predicted molar refractivity (Wildman–Crippen MR) is 106 cm³/mol. The molecule has 0 unspecified atom stereocenters. The van der Waals surface area contributed by atoms with E-state index >= 15 is 0 Å². The number of hydrogen-bond acceptors (Lipinski definition) is 6. The molecular formula is C18H23N3O3S2. The molecule has 1 aromatic rings. The van der Waals surface area contributed by atoms with Gasteiger partial charge >= 0.3 is 0 Å². The molecule has 1 aromatic carbocycles. The van der Waals surface area contributed by atoms with Crippen LogP contribution >= 0.6 is 11.8 Å². The monoisotopic (exact) mass is 393 g/mol.